The Labute approximate surface area is 74.3 Å². The monoisotopic (exact) mass is 185 g/mol. The van der Waals surface area contributed by atoms with Gasteiger partial charge in [-0.05, 0) is 12.1 Å². The van der Waals surface area contributed by atoms with Gasteiger partial charge >= 0.3 is 0 Å². The molecule has 0 bridgehead atoms. The molecule has 0 aliphatic carbocycles. The predicted octanol–water partition coefficient (Wildman–Crippen LogP) is 1.53. The third-order valence-electron chi connectivity index (χ3n) is 1.38. The minimum absolute atomic E-state index is 0.0231. The van der Waals surface area contributed by atoms with E-state index in [9.17, 15) is 8.78 Å². The first kappa shape index (κ1) is 9.44. The molecule has 1 aromatic carbocycles. The smallest absolute Gasteiger partial charge is 0.192 e. The molecular formula is C8H9F2N3. The van der Waals surface area contributed by atoms with Crippen LogP contribution in [0, 0.1) is 17.0 Å². The summed E-state index contributed by atoms with van der Waals surface area (Å²) in [7, 11) is 1.53. The van der Waals surface area contributed by atoms with Crippen molar-refractivity contribution in [2.75, 3.05) is 12.4 Å². The first-order valence-corrected chi connectivity index (χ1v) is 3.61. The second-order valence-corrected chi connectivity index (χ2v) is 2.41. The molecule has 0 spiro atoms. The van der Waals surface area contributed by atoms with E-state index in [-0.39, 0.29) is 11.6 Å². The van der Waals surface area contributed by atoms with Crippen molar-refractivity contribution in [1.82, 2.24) is 5.32 Å². The van der Waals surface area contributed by atoms with Crippen LogP contribution in [-0.2, 0) is 0 Å². The van der Waals surface area contributed by atoms with Crippen LogP contribution in [0.5, 0.6) is 0 Å². The Balaban J connectivity index is 2.83. The maximum absolute atomic E-state index is 12.6. The molecule has 1 rings (SSSR count). The molecule has 70 valence electrons. The van der Waals surface area contributed by atoms with Crippen molar-refractivity contribution in [3.63, 3.8) is 0 Å². The Morgan fingerprint density at radius 3 is 2.23 bits per heavy atom. The van der Waals surface area contributed by atoms with Gasteiger partial charge < -0.3 is 10.6 Å². The number of hydrogen-bond donors (Lipinski definition) is 3. The van der Waals surface area contributed by atoms with Crippen LogP contribution >= 0.6 is 0 Å². The molecule has 0 fully saturated rings. The van der Waals surface area contributed by atoms with Crippen molar-refractivity contribution in [2.45, 2.75) is 0 Å². The molecule has 0 aliphatic heterocycles. The summed E-state index contributed by atoms with van der Waals surface area (Å²) in [5, 5.41) is 12.1. The van der Waals surface area contributed by atoms with Crippen LogP contribution in [0.15, 0.2) is 18.2 Å². The molecule has 0 saturated heterocycles. The van der Waals surface area contributed by atoms with Gasteiger partial charge in [0.15, 0.2) is 5.96 Å². The molecule has 0 amide bonds. The standard InChI is InChI=1S/C8H9F2N3/c1-12-8(11)13-7-3-5(9)2-6(10)4-7/h2-4H,1H3,(H3,11,12,13). The summed E-state index contributed by atoms with van der Waals surface area (Å²) in [5.74, 6) is -1.37. The van der Waals surface area contributed by atoms with Gasteiger partial charge in [-0.25, -0.2) is 8.78 Å². The zero-order chi connectivity index (χ0) is 9.84. The molecule has 0 aromatic heterocycles. The minimum atomic E-state index is -0.675. The van der Waals surface area contributed by atoms with Crippen molar-refractivity contribution in [2.24, 2.45) is 0 Å². The van der Waals surface area contributed by atoms with Crippen molar-refractivity contribution >= 4 is 11.6 Å². The number of hydrogen-bond acceptors (Lipinski definition) is 1. The Morgan fingerprint density at radius 1 is 1.23 bits per heavy atom. The molecule has 0 atom stereocenters. The summed E-state index contributed by atoms with van der Waals surface area (Å²) in [6.45, 7) is 0. The van der Waals surface area contributed by atoms with Gasteiger partial charge in [-0.2, -0.15) is 0 Å². The Morgan fingerprint density at radius 2 is 1.77 bits per heavy atom. The SMILES string of the molecule is CNC(=N)Nc1cc(F)cc(F)c1. The van der Waals surface area contributed by atoms with Gasteiger partial charge in [0, 0.05) is 18.8 Å². The first-order valence-electron chi connectivity index (χ1n) is 3.61. The molecular weight excluding hydrogens is 176 g/mol. The molecule has 0 aliphatic rings. The Bertz CT molecular complexity index is 305. The summed E-state index contributed by atoms with van der Waals surface area (Å²) >= 11 is 0. The molecule has 3 nitrogen and oxygen atoms in total. The van der Waals surface area contributed by atoms with E-state index >= 15 is 0 Å². The van der Waals surface area contributed by atoms with E-state index in [1.165, 1.54) is 7.05 Å². The Hall–Kier alpha value is -1.65. The number of nitrogens with one attached hydrogen (secondary N) is 3. The largest absolute Gasteiger partial charge is 0.359 e. The molecule has 0 unspecified atom stereocenters. The second-order valence-electron chi connectivity index (χ2n) is 2.41. The van der Waals surface area contributed by atoms with Crippen molar-refractivity contribution in [3.05, 3.63) is 29.8 Å². The first-order chi connectivity index (χ1) is 6.11. The van der Waals surface area contributed by atoms with Crippen molar-refractivity contribution in [1.29, 1.82) is 5.41 Å². The number of guanidine groups is 1. The highest BCUT2D eigenvalue weighted by Gasteiger charge is 2.00. The number of anilines is 1. The van der Waals surface area contributed by atoms with Crippen molar-refractivity contribution < 1.29 is 8.78 Å². The summed E-state index contributed by atoms with van der Waals surface area (Å²) in [5.41, 5.74) is 0.205. The molecule has 0 radical (unpaired) electrons. The van der Waals surface area contributed by atoms with E-state index in [0.717, 1.165) is 18.2 Å². The van der Waals surface area contributed by atoms with Gasteiger partial charge in [-0.15, -0.1) is 0 Å². The average molecular weight is 185 g/mol. The lowest BCUT2D eigenvalue weighted by molar-refractivity contribution is 0.584. The quantitative estimate of drug-likeness (QED) is 0.459. The van der Waals surface area contributed by atoms with Crippen molar-refractivity contribution in [3.8, 4) is 0 Å². The fourth-order valence-corrected chi connectivity index (χ4v) is 0.833. The van der Waals surface area contributed by atoms with E-state index in [1.54, 1.807) is 0 Å². The van der Waals surface area contributed by atoms with Gasteiger partial charge in [-0.3, -0.25) is 5.41 Å². The van der Waals surface area contributed by atoms with E-state index in [0.29, 0.717) is 0 Å². The summed E-state index contributed by atoms with van der Waals surface area (Å²) in [4.78, 5) is 0. The summed E-state index contributed by atoms with van der Waals surface area (Å²) in [6.07, 6.45) is 0. The number of halogens is 2. The minimum Gasteiger partial charge on any atom is -0.359 e. The lowest BCUT2D eigenvalue weighted by Gasteiger charge is -2.06. The molecule has 0 saturated carbocycles. The second kappa shape index (κ2) is 3.84. The van der Waals surface area contributed by atoms with Gasteiger partial charge in [0.25, 0.3) is 0 Å². The molecule has 13 heavy (non-hydrogen) atoms. The predicted molar refractivity (Wildman–Crippen MR) is 46.8 cm³/mol. The van der Waals surface area contributed by atoms with E-state index < -0.39 is 11.6 Å². The normalized spacial score (nSPS) is 9.46. The third kappa shape index (κ3) is 2.70. The highest BCUT2D eigenvalue weighted by atomic mass is 19.1. The maximum atomic E-state index is 12.6. The van der Waals surface area contributed by atoms with E-state index in [1.807, 2.05) is 0 Å². The molecule has 3 N–H and O–H groups in total. The third-order valence-corrected chi connectivity index (χ3v) is 1.38. The summed E-state index contributed by atoms with van der Waals surface area (Å²) < 4.78 is 25.2. The van der Waals surface area contributed by atoms with Crippen LogP contribution in [0.25, 0.3) is 0 Å². The maximum Gasteiger partial charge on any atom is 0.192 e. The van der Waals surface area contributed by atoms with Gasteiger partial charge in [-0.1, -0.05) is 0 Å². The highest BCUT2D eigenvalue weighted by molar-refractivity contribution is 5.90. The fourth-order valence-electron chi connectivity index (χ4n) is 0.833. The zero-order valence-corrected chi connectivity index (χ0v) is 6.99. The van der Waals surface area contributed by atoms with Gasteiger partial charge in [0.2, 0.25) is 0 Å². The van der Waals surface area contributed by atoms with Crippen LogP contribution < -0.4 is 10.6 Å². The number of rotatable bonds is 1. The van der Waals surface area contributed by atoms with Crippen LogP contribution in [0.4, 0.5) is 14.5 Å². The van der Waals surface area contributed by atoms with E-state index in [4.69, 9.17) is 5.41 Å². The molecule has 5 heteroatoms. The van der Waals surface area contributed by atoms with Crippen LogP contribution in [0.2, 0.25) is 0 Å². The number of benzene rings is 1. The topological polar surface area (TPSA) is 47.9 Å². The fraction of sp³-hybridized carbons (Fsp3) is 0.125. The highest BCUT2D eigenvalue weighted by Crippen LogP contribution is 2.12. The van der Waals surface area contributed by atoms with Gasteiger partial charge in [0.05, 0.1) is 0 Å². The van der Waals surface area contributed by atoms with Crippen LogP contribution in [0.3, 0.4) is 0 Å². The Kier molecular flexibility index (Phi) is 2.79. The van der Waals surface area contributed by atoms with Gasteiger partial charge in [0.1, 0.15) is 11.6 Å². The van der Waals surface area contributed by atoms with Crippen LogP contribution in [-0.4, -0.2) is 13.0 Å². The lowest BCUT2D eigenvalue weighted by atomic mass is 10.3. The van der Waals surface area contributed by atoms with E-state index in [2.05, 4.69) is 10.6 Å². The van der Waals surface area contributed by atoms with Crippen LogP contribution in [0.1, 0.15) is 0 Å². The molecule has 1 aromatic rings. The lowest BCUT2D eigenvalue weighted by Crippen LogP contribution is -2.25. The summed E-state index contributed by atoms with van der Waals surface area (Å²) in [6, 6.07) is 2.98. The zero-order valence-electron chi connectivity index (χ0n) is 6.99. The molecule has 0 heterocycles. The average Bonchev–Trinajstić information content (AvgIpc) is 2.02.